The average Bonchev–Trinajstić information content (AvgIpc) is 3.09. The number of methoxy groups -OCH3 is 1. The molecule has 0 heterocycles. The highest BCUT2D eigenvalue weighted by molar-refractivity contribution is 5.55. The van der Waals surface area contributed by atoms with Crippen molar-refractivity contribution in [1.29, 1.82) is 5.26 Å². The number of nitrogen functional groups attached to an aromatic ring is 1. The van der Waals surface area contributed by atoms with Crippen molar-refractivity contribution in [3.63, 3.8) is 0 Å². The van der Waals surface area contributed by atoms with E-state index >= 15 is 0 Å². The first-order valence-electron chi connectivity index (χ1n) is 5.62. The van der Waals surface area contributed by atoms with E-state index < -0.39 is 0 Å². The van der Waals surface area contributed by atoms with Gasteiger partial charge in [-0.05, 0) is 25.0 Å². The summed E-state index contributed by atoms with van der Waals surface area (Å²) in [6.45, 7) is 0.553. The van der Waals surface area contributed by atoms with Crippen molar-refractivity contribution in [1.82, 2.24) is 0 Å². The molecule has 4 nitrogen and oxygen atoms in total. The Morgan fingerprint density at radius 1 is 1.47 bits per heavy atom. The van der Waals surface area contributed by atoms with Crippen molar-refractivity contribution in [2.24, 2.45) is 5.41 Å². The van der Waals surface area contributed by atoms with Gasteiger partial charge in [-0.25, -0.2) is 0 Å². The summed E-state index contributed by atoms with van der Waals surface area (Å²) in [5, 5.41) is 8.73. The molecule has 4 heteroatoms. The van der Waals surface area contributed by atoms with Gasteiger partial charge in [0.25, 0.3) is 0 Å². The van der Waals surface area contributed by atoms with Crippen molar-refractivity contribution < 1.29 is 9.47 Å². The van der Waals surface area contributed by atoms with Crippen LogP contribution < -0.4 is 15.2 Å². The second kappa shape index (κ2) is 4.54. The third kappa shape index (κ3) is 2.62. The first-order chi connectivity index (χ1) is 8.19. The predicted molar refractivity (Wildman–Crippen MR) is 64.8 cm³/mol. The third-order valence-corrected chi connectivity index (χ3v) is 3.17. The molecule has 0 atom stereocenters. The maximum Gasteiger partial charge on any atom is 0.145 e. The third-order valence-electron chi connectivity index (χ3n) is 3.17. The minimum absolute atomic E-state index is 0.0598. The highest BCUT2D eigenvalue weighted by Gasteiger charge is 2.43. The number of nitriles is 1. The van der Waals surface area contributed by atoms with Crippen LogP contribution in [0.25, 0.3) is 0 Å². The molecule has 0 unspecified atom stereocenters. The number of nitrogens with two attached hydrogens (primary N) is 1. The van der Waals surface area contributed by atoms with E-state index in [1.807, 2.05) is 0 Å². The molecule has 0 radical (unpaired) electrons. The van der Waals surface area contributed by atoms with Crippen molar-refractivity contribution in [2.45, 2.75) is 19.3 Å². The molecule has 1 fully saturated rings. The van der Waals surface area contributed by atoms with Crippen LogP contribution in [-0.2, 0) is 0 Å². The molecule has 0 aromatic heterocycles. The molecule has 1 aromatic rings. The monoisotopic (exact) mass is 232 g/mol. The summed E-state index contributed by atoms with van der Waals surface area (Å²) in [6, 6.07) is 7.54. The molecule has 2 N–H and O–H groups in total. The highest BCUT2D eigenvalue weighted by Crippen LogP contribution is 2.49. The van der Waals surface area contributed by atoms with Gasteiger partial charge in [0.15, 0.2) is 0 Å². The molecule has 0 spiro atoms. The van der Waals surface area contributed by atoms with E-state index in [2.05, 4.69) is 6.07 Å². The molecular formula is C13H16N2O2. The number of nitrogens with zero attached hydrogens (tertiary/aromatic N) is 1. The number of benzene rings is 1. The highest BCUT2D eigenvalue weighted by atomic mass is 16.5. The van der Waals surface area contributed by atoms with Crippen LogP contribution in [0.5, 0.6) is 11.5 Å². The number of ether oxygens (including phenoxy) is 2. The van der Waals surface area contributed by atoms with E-state index in [4.69, 9.17) is 20.5 Å². The molecule has 1 aliphatic carbocycles. The van der Waals surface area contributed by atoms with Crippen LogP contribution in [0.2, 0.25) is 0 Å². The lowest BCUT2D eigenvalue weighted by Gasteiger charge is -2.15. The minimum Gasteiger partial charge on any atom is -0.497 e. The summed E-state index contributed by atoms with van der Waals surface area (Å²) in [4.78, 5) is 0. The van der Waals surface area contributed by atoms with Crippen LogP contribution in [0.1, 0.15) is 19.3 Å². The van der Waals surface area contributed by atoms with Crippen LogP contribution in [0.4, 0.5) is 5.69 Å². The minimum atomic E-state index is 0.0598. The Hall–Kier alpha value is -1.89. The Kier molecular flexibility index (Phi) is 3.10. The Labute approximate surface area is 101 Å². The molecule has 1 aliphatic rings. The van der Waals surface area contributed by atoms with E-state index in [0.29, 0.717) is 24.5 Å². The molecule has 2 rings (SSSR count). The lowest BCUT2D eigenvalue weighted by atomic mass is 10.1. The quantitative estimate of drug-likeness (QED) is 0.791. The maximum atomic E-state index is 8.73. The van der Waals surface area contributed by atoms with E-state index in [1.54, 1.807) is 25.3 Å². The van der Waals surface area contributed by atoms with Crippen LogP contribution in [-0.4, -0.2) is 13.7 Å². The summed E-state index contributed by atoms with van der Waals surface area (Å²) in [5.41, 5.74) is 6.48. The van der Waals surface area contributed by atoms with Gasteiger partial charge in [0.05, 0.1) is 25.5 Å². The van der Waals surface area contributed by atoms with Gasteiger partial charge >= 0.3 is 0 Å². The molecule has 90 valence electrons. The SMILES string of the molecule is COc1ccc(N)c(OCC2(CC#N)CC2)c1. The standard InChI is InChI=1S/C13H16N2O2/c1-16-10-2-3-11(15)12(8-10)17-9-13(4-5-13)6-7-14/h2-3,8H,4-6,9,15H2,1H3. The van der Waals surface area contributed by atoms with Crippen molar-refractivity contribution >= 4 is 5.69 Å². The molecule has 17 heavy (non-hydrogen) atoms. The molecule has 0 bridgehead atoms. The Balaban J connectivity index is 2.01. The van der Waals surface area contributed by atoms with Crippen molar-refractivity contribution in [3.05, 3.63) is 18.2 Å². The van der Waals surface area contributed by atoms with Gasteiger partial charge in [-0.1, -0.05) is 0 Å². The topological polar surface area (TPSA) is 68.3 Å². The average molecular weight is 232 g/mol. The van der Waals surface area contributed by atoms with Gasteiger partial charge in [0.1, 0.15) is 11.5 Å². The van der Waals surface area contributed by atoms with Crippen LogP contribution in [0.15, 0.2) is 18.2 Å². The Bertz CT molecular complexity index is 447. The largest absolute Gasteiger partial charge is 0.497 e. The predicted octanol–water partition coefficient (Wildman–Crippen LogP) is 2.35. The van der Waals surface area contributed by atoms with E-state index in [1.165, 1.54) is 0 Å². The van der Waals surface area contributed by atoms with Crippen LogP contribution in [0.3, 0.4) is 0 Å². The van der Waals surface area contributed by atoms with Crippen LogP contribution in [0, 0.1) is 16.7 Å². The smallest absolute Gasteiger partial charge is 0.145 e. The molecule has 0 amide bonds. The lowest BCUT2D eigenvalue weighted by molar-refractivity contribution is 0.237. The summed E-state index contributed by atoms with van der Waals surface area (Å²) in [7, 11) is 1.60. The second-order valence-corrected chi connectivity index (χ2v) is 4.53. The fraction of sp³-hybridized carbons (Fsp3) is 0.462. The molecule has 0 saturated heterocycles. The summed E-state index contributed by atoms with van der Waals surface area (Å²) in [5.74, 6) is 1.35. The fourth-order valence-corrected chi connectivity index (χ4v) is 1.71. The number of anilines is 1. The van der Waals surface area contributed by atoms with Gasteiger partial charge in [0.2, 0.25) is 0 Å². The zero-order valence-corrected chi connectivity index (χ0v) is 9.90. The normalized spacial score (nSPS) is 16.0. The van der Waals surface area contributed by atoms with Gasteiger partial charge in [0, 0.05) is 17.9 Å². The van der Waals surface area contributed by atoms with E-state index in [9.17, 15) is 0 Å². The maximum absolute atomic E-state index is 8.73. The number of hydrogen-bond donors (Lipinski definition) is 1. The molecule has 0 aliphatic heterocycles. The van der Waals surface area contributed by atoms with E-state index in [-0.39, 0.29) is 5.41 Å². The van der Waals surface area contributed by atoms with Crippen LogP contribution >= 0.6 is 0 Å². The van der Waals surface area contributed by atoms with Crippen molar-refractivity contribution in [3.8, 4) is 17.6 Å². The van der Waals surface area contributed by atoms with Crippen molar-refractivity contribution in [2.75, 3.05) is 19.5 Å². The summed E-state index contributed by atoms with van der Waals surface area (Å²) >= 11 is 0. The lowest BCUT2D eigenvalue weighted by Crippen LogP contribution is -2.13. The zero-order valence-electron chi connectivity index (χ0n) is 9.90. The number of rotatable bonds is 5. The Morgan fingerprint density at radius 2 is 2.24 bits per heavy atom. The Morgan fingerprint density at radius 3 is 2.82 bits per heavy atom. The first kappa shape index (κ1) is 11.6. The first-order valence-corrected chi connectivity index (χ1v) is 5.62. The summed E-state index contributed by atoms with van der Waals surface area (Å²) < 4.78 is 10.8. The van der Waals surface area contributed by atoms with Gasteiger partial charge in [-0.15, -0.1) is 0 Å². The zero-order chi connectivity index (χ0) is 12.3. The van der Waals surface area contributed by atoms with Gasteiger partial charge in [-0.2, -0.15) is 5.26 Å². The molecule has 1 saturated carbocycles. The molecule has 1 aromatic carbocycles. The van der Waals surface area contributed by atoms with Gasteiger partial charge < -0.3 is 15.2 Å². The van der Waals surface area contributed by atoms with Gasteiger partial charge in [-0.3, -0.25) is 0 Å². The number of hydrogen-bond acceptors (Lipinski definition) is 4. The van der Waals surface area contributed by atoms with E-state index in [0.717, 1.165) is 18.6 Å². The summed E-state index contributed by atoms with van der Waals surface area (Å²) in [6.07, 6.45) is 2.67. The second-order valence-electron chi connectivity index (χ2n) is 4.53. The fourth-order valence-electron chi connectivity index (χ4n) is 1.71. The molecular weight excluding hydrogens is 216 g/mol.